The van der Waals surface area contributed by atoms with E-state index in [9.17, 15) is 17.9 Å². The molecule has 0 aliphatic rings. The monoisotopic (exact) mass is 310 g/mol. The van der Waals surface area contributed by atoms with Crippen molar-refractivity contribution in [3.05, 3.63) is 53.7 Å². The van der Waals surface area contributed by atoms with Crippen molar-refractivity contribution in [2.75, 3.05) is 6.54 Å². The highest BCUT2D eigenvalue weighted by Crippen LogP contribution is 2.19. The van der Waals surface area contributed by atoms with Gasteiger partial charge < -0.3 is 9.52 Å². The molecule has 110 valence electrons. The lowest BCUT2D eigenvalue weighted by Gasteiger charge is -2.11. The minimum absolute atomic E-state index is 0.192. The van der Waals surface area contributed by atoms with Gasteiger partial charge in [0.1, 0.15) is 34.2 Å². The molecule has 0 aliphatic carbocycles. The Hall–Kier alpha value is -2.21. The van der Waals surface area contributed by atoms with Crippen molar-refractivity contribution in [3.63, 3.8) is 0 Å². The van der Waals surface area contributed by atoms with Crippen molar-refractivity contribution in [3.8, 4) is 6.07 Å². The summed E-state index contributed by atoms with van der Waals surface area (Å²) in [5, 5.41) is 18.6. The number of sulfonamides is 1. The van der Waals surface area contributed by atoms with Gasteiger partial charge in [0.15, 0.2) is 0 Å². The molecule has 2 aromatic rings. The summed E-state index contributed by atoms with van der Waals surface area (Å²) in [7, 11) is -4.13. The van der Waals surface area contributed by atoms with Crippen LogP contribution in [0.25, 0.3) is 0 Å². The number of nitriles is 1. The first-order valence-electron chi connectivity index (χ1n) is 5.85. The second-order valence-corrected chi connectivity index (χ2v) is 5.84. The second-order valence-electron chi connectivity index (χ2n) is 4.11. The van der Waals surface area contributed by atoms with Crippen molar-refractivity contribution in [2.24, 2.45) is 0 Å². The Bertz CT molecular complexity index is 766. The predicted molar refractivity (Wildman–Crippen MR) is 70.0 cm³/mol. The SMILES string of the molecule is N#Cc1c(F)cccc1S(=O)(=O)NCC(O)c1ccco1. The fraction of sp³-hybridized carbons (Fsp3) is 0.154. The molecule has 0 fully saturated rings. The number of furan rings is 1. The normalized spacial score (nSPS) is 12.8. The minimum atomic E-state index is -4.13. The van der Waals surface area contributed by atoms with Gasteiger partial charge in [0.2, 0.25) is 10.0 Å². The van der Waals surface area contributed by atoms with Gasteiger partial charge in [-0.3, -0.25) is 0 Å². The maximum Gasteiger partial charge on any atom is 0.242 e. The average molecular weight is 310 g/mol. The van der Waals surface area contributed by atoms with Gasteiger partial charge in [-0.25, -0.2) is 17.5 Å². The van der Waals surface area contributed by atoms with E-state index >= 15 is 0 Å². The van der Waals surface area contributed by atoms with Crippen LogP contribution in [-0.4, -0.2) is 20.1 Å². The number of hydrogen-bond donors (Lipinski definition) is 2. The third-order valence-electron chi connectivity index (χ3n) is 2.72. The molecule has 0 radical (unpaired) electrons. The molecule has 2 N–H and O–H groups in total. The Balaban J connectivity index is 2.20. The third-order valence-corrected chi connectivity index (χ3v) is 4.18. The van der Waals surface area contributed by atoms with E-state index in [4.69, 9.17) is 9.68 Å². The smallest absolute Gasteiger partial charge is 0.242 e. The van der Waals surface area contributed by atoms with E-state index in [-0.39, 0.29) is 12.3 Å². The van der Waals surface area contributed by atoms with Gasteiger partial charge in [0.25, 0.3) is 0 Å². The number of hydrogen-bond acceptors (Lipinski definition) is 5. The van der Waals surface area contributed by atoms with Crippen LogP contribution in [0, 0.1) is 17.1 Å². The lowest BCUT2D eigenvalue weighted by Crippen LogP contribution is -2.29. The van der Waals surface area contributed by atoms with Crippen LogP contribution in [0.3, 0.4) is 0 Å². The summed E-state index contributed by atoms with van der Waals surface area (Å²) in [5.41, 5.74) is -0.572. The summed E-state index contributed by atoms with van der Waals surface area (Å²) < 4.78 is 44.6. The lowest BCUT2D eigenvalue weighted by molar-refractivity contribution is 0.154. The molecule has 1 atom stereocenters. The quantitative estimate of drug-likeness (QED) is 0.866. The van der Waals surface area contributed by atoms with E-state index in [0.29, 0.717) is 0 Å². The minimum Gasteiger partial charge on any atom is -0.467 e. The van der Waals surface area contributed by atoms with Gasteiger partial charge >= 0.3 is 0 Å². The number of benzene rings is 1. The van der Waals surface area contributed by atoms with Crippen LogP contribution in [0.1, 0.15) is 17.4 Å². The molecule has 2 rings (SSSR count). The molecule has 21 heavy (non-hydrogen) atoms. The molecule has 1 unspecified atom stereocenters. The highest BCUT2D eigenvalue weighted by Gasteiger charge is 2.22. The van der Waals surface area contributed by atoms with E-state index in [0.717, 1.165) is 12.1 Å². The molecule has 0 aliphatic heterocycles. The number of nitrogens with one attached hydrogen (secondary N) is 1. The van der Waals surface area contributed by atoms with Crippen LogP contribution in [0.4, 0.5) is 4.39 Å². The maximum atomic E-state index is 13.4. The average Bonchev–Trinajstić information content (AvgIpc) is 2.99. The Morgan fingerprint density at radius 3 is 2.76 bits per heavy atom. The van der Waals surface area contributed by atoms with Gasteiger partial charge in [-0.15, -0.1) is 0 Å². The van der Waals surface area contributed by atoms with Crippen LogP contribution >= 0.6 is 0 Å². The summed E-state index contributed by atoms with van der Waals surface area (Å²) in [6.45, 7) is -0.364. The zero-order valence-electron chi connectivity index (χ0n) is 10.7. The molecule has 6 nitrogen and oxygen atoms in total. The summed E-state index contributed by atoms with van der Waals surface area (Å²) in [6, 6.07) is 7.84. The molecule has 0 amide bonds. The van der Waals surface area contributed by atoms with Crippen LogP contribution in [0.2, 0.25) is 0 Å². The first-order valence-corrected chi connectivity index (χ1v) is 7.34. The summed E-state index contributed by atoms with van der Waals surface area (Å²) in [6.07, 6.45) is 0.154. The van der Waals surface area contributed by atoms with Crippen LogP contribution in [0.15, 0.2) is 45.9 Å². The van der Waals surface area contributed by atoms with E-state index in [1.54, 1.807) is 6.07 Å². The number of aliphatic hydroxyl groups excluding tert-OH is 1. The van der Waals surface area contributed by atoms with Crippen molar-refractivity contribution >= 4 is 10.0 Å². The molecule has 0 bridgehead atoms. The van der Waals surface area contributed by atoms with E-state index in [1.807, 2.05) is 0 Å². The first kappa shape index (κ1) is 15.2. The predicted octanol–water partition coefficient (Wildman–Crippen LogP) is 1.30. The Kier molecular flexibility index (Phi) is 4.37. The summed E-state index contributed by atoms with van der Waals surface area (Å²) in [4.78, 5) is -0.475. The molecule has 8 heteroatoms. The van der Waals surface area contributed by atoms with Crippen molar-refractivity contribution < 1.29 is 22.3 Å². The van der Waals surface area contributed by atoms with Gasteiger partial charge in [-0.2, -0.15) is 5.26 Å². The molecule has 1 aromatic carbocycles. The van der Waals surface area contributed by atoms with E-state index < -0.39 is 32.4 Å². The van der Waals surface area contributed by atoms with Crippen molar-refractivity contribution in [1.82, 2.24) is 4.72 Å². The largest absolute Gasteiger partial charge is 0.467 e. The Morgan fingerprint density at radius 2 is 2.14 bits per heavy atom. The number of nitrogens with zero attached hydrogens (tertiary/aromatic N) is 1. The van der Waals surface area contributed by atoms with Crippen LogP contribution in [0.5, 0.6) is 0 Å². The van der Waals surface area contributed by atoms with Gasteiger partial charge in [-0.05, 0) is 24.3 Å². The molecule has 0 spiro atoms. The second kappa shape index (κ2) is 6.05. The van der Waals surface area contributed by atoms with Crippen LogP contribution < -0.4 is 4.72 Å². The molecular formula is C13H11FN2O4S. The van der Waals surface area contributed by atoms with E-state index in [2.05, 4.69) is 4.72 Å². The zero-order chi connectivity index (χ0) is 15.5. The Morgan fingerprint density at radius 1 is 1.38 bits per heavy atom. The highest BCUT2D eigenvalue weighted by atomic mass is 32.2. The standard InChI is InChI=1S/C13H11FN2O4S/c14-10-3-1-5-13(9(10)7-15)21(18,19)16-8-11(17)12-4-2-6-20-12/h1-6,11,16-17H,8H2. The number of aliphatic hydroxyl groups is 1. The zero-order valence-corrected chi connectivity index (χ0v) is 11.5. The summed E-state index contributed by atoms with van der Waals surface area (Å²) in [5.74, 6) is -0.732. The fourth-order valence-corrected chi connectivity index (χ4v) is 2.89. The topological polar surface area (TPSA) is 103 Å². The molecule has 0 saturated carbocycles. The molecular weight excluding hydrogens is 299 g/mol. The highest BCUT2D eigenvalue weighted by molar-refractivity contribution is 7.89. The Labute approximate surface area is 120 Å². The van der Waals surface area contributed by atoms with E-state index in [1.165, 1.54) is 24.5 Å². The summed E-state index contributed by atoms with van der Waals surface area (Å²) >= 11 is 0. The van der Waals surface area contributed by atoms with Crippen molar-refractivity contribution in [2.45, 2.75) is 11.0 Å². The van der Waals surface area contributed by atoms with Gasteiger partial charge in [0.05, 0.1) is 6.26 Å². The molecule has 0 saturated heterocycles. The maximum absolute atomic E-state index is 13.4. The number of halogens is 1. The molecule has 1 heterocycles. The van der Waals surface area contributed by atoms with Gasteiger partial charge in [-0.1, -0.05) is 6.07 Å². The van der Waals surface area contributed by atoms with Crippen LogP contribution in [-0.2, 0) is 10.0 Å². The first-order chi connectivity index (χ1) is 9.95. The van der Waals surface area contributed by atoms with Gasteiger partial charge in [0, 0.05) is 6.54 Å². The van der Waals surface area contributed by atoms with Crippen molar-refractivity contribution in [1.29, 1.82) is 5.26 Å². The number of rotatable bonds is 5. The molecule has 1 aromatic heterocycles. The lowest BCUT2D eigenvalue weighted by atomic mass is 10.2. The fourth-order valence-electron chi connectivity index (χ4n) is 1.68. The third kappa shape index (κ3) is 3.28.